The molecule has 3 atom stereocenters. The lowest BCUT2D eigenvalue weighted by atomic mass is 9.80. The number of fused-ring (bicyclic) bond motifs is 1. The van der Waals surface area contributed by atoms with Gasteiger partial charge in [-0.15, -0.1) is 12.4 Å². The first-order chi connectivity index (χ1) is 12.6. The average Bonchev–Trinajstić information content (AvgIpc) is 3.24. The van der Waals surface area contributed by atoms with Gasteiger partial charge in [0.2, 0.25) is 11.8 Å². The molecular weight excluding hydrogens is 385 g/mol. The lowest BCUT2D eigenvalue weighted by Gasteiger charge is -2.36. The maximum absolute atomic E-state index is 12.9. The Balaban J connectivity index is 0.00000210. The molecular formula is C20H27Cl2N3O2. The Bertz CT molecular complexity index is 719. The number of nitrogens with one attached hydrogen (secondary N) is 1. The standard InChI is InChI=1S/C20H26ClN3O2.ClH/c21-14-4-5-16-17(10-14)23-19(25)18(16)12-6-8-24(9-7-12)20(26)15-3-1-2-13(15)11-22;/h4-5,10,12-13,15,18H,1-3,6-9,11,22H2,(H,23,25);1H/t13-,15-,18?;/m1./s1. The van der Waals surface area contributed by atoms with Gasteiger partial charge in [-0.1, -0.05) is 24.1 Å². The van der Waals surface area contributed by atoms with Gasteiger partial charge < -0.3 is 16.0 Å². The topological polar surface area (TPSA) is 75.4 Å². The molecule has 5 nitrogen and oxygen atoms in total. The number of hydrogen-bond acceptors (Lipinski definition) is 3. The quantitative estimate of drug-likeness (QED) is 0.799. The number of rotatable bonds is 3. The third-order valence-corrected chi connectivity index (χ3v) is 6.73. The minimum atomic E-state index is -0.122. The highest BCUT2D eigenvalue weighted by Gasteiger charge is 2.41. The Morgan fingerprint density at radius 1 is 1.22 bits per heavy atom. The summed E-state index contributed by atoms with van der Waals surface area (Å²) in [5, 5.41) is 3.60. The molecule has 1 saturated carbocycles. The van der Waals surface area contributed by atoms with Crippen LogP contribution in [0.4, 0.5) is 5.69 Å². The van der Waals surface area contributed by atoms with E-state index in [2.05, 4.69) is 5.32 Å². The number of piperidine rings is 1. The number of hydrogen-bond donors (Lipinski definition) is 2. The second-order valence-corrected chi connectivity index (χ2v) is 8.33. The summed E-state index contributed by atoms with van der Waals surface area (Å²) < 4.78 is 0. The van der Waals surface area contributed by atoms with Crippen molar-refractivity contribution >= 4 is 41.5 Å². The molecule has 2 fully saturated rings. The van der Waals surface area contributed by atoms with Crippen molar-refractivity contribution in [2.75, 3.05) is 25.0 Å². The number of benzene rings is 1. The molecule has 0 aromatic heterocycles. The highest BCUT2D eigenvalue weighted by Crippen LogP contribution is 2.42. The number of likely N-dealkylation sites (tertiary alicyclic amines) is 1. The van der Waals surface area contributed by atoms with Crippen LogP contribution in [0.3, 0.4) is 0 Å². The van der Waals surface area contributed by atoms with Crippen LogP contribution >= 0.6 is 24.0 Å². The number of nitrogens with two attached hydrogens (primary N) is 1. The molecule has 1 aromatic carbocycles. The fraction of sp³-hybridized carbons (Fsp3) is 0.600. The first-order valence-corrected chi connectivity index (χ1v) is 10.1. The van der Waals surface area contributed by atoms with E-state index < -0.39 is 0 Å². The fourth-order valence-corrected chi connectivity index (χ4v) is 5.23. The molecule has 0 bridgehead atoms. The lowest BCUT2D eigenvalue weighted by Crippen LogP contribution is -2.44. The first kappa shape index (κ1) is 20.4. The molecule has 1 unspecified atom stereocenters. The predicted octanol–water partition coefficient (Wildman–Crippen LogP) is 3.41. The van der Waals surface area contributed by atoms with Gasteiger partial charge in [0.05, 0.1) is 5.92 Å². The van der Waals surface area contributed by atoms with Gasteiger partial charge >= 0.3 is 0 Å². The SMILES string of the molecule is Cl.NC[C@H]1CCC[C@H]1C(=O)N1CCC(C2C(=O)Nc3cc(Cl)ccc32)CC1. The molecule has 148 valence electrons. The van der Waals surface area contributed by atoms with E-state index in [0.717, 1.165) is 56.4 Å². The molecule has 1 saturated heterocycles. The van der Waals surface area contributed by atoms with E-state index in [-0.39, 0.29) is 42.0 Å². The van der Waals surface area contributed by atoms with Crippen LogP contribution in [0.2, 0.25) is 5.02 Å². The molecule has 1 aromatic rings. The summed E-state index contributed by atoms with van der Waals surface area (Å²) in [6, 6.07) is 5.63. The fourth-order valence-electron chi connectivity index (χ4n) is 5.06. The summed E-state index contributed by atoms with van der Waals surface area (Å²) in [5.74, 6) is 0.940. The van der Waals surface area contributed by atoms with Crippen LogP contribution in [-0.2, 0) is 9.59 Å². The van der Waals surface area contributed by atoms with Crippen molar-refractivity contribution in [2.24, 2.45) is 23.5 Å². The van der Waals surface area contributed by atoms with E-state index in [9.17, 15) is 9.59 Å². The molecule has 27 heavy (non-hydrogen) atoms. The number of halogens is 2. The van der Waals surface area contributed by atoms with E-state index in [1.807, 2.05) is 23.1 Å². The van der Waals surface area contributed by atoms with Crippen molar-refractivity contribution in [3.05, 3.63) is 28.8 Å². The van der Waals surface area contributed by atoms with Crippen LogP contribution in [0.1, 0.15) is 43.6 Å². The largest absolute Gasteiger partial charge is 0.342 e. The third-order valence-electron chi connectivity index (χ3n) is 6.49. The molecule has 2 aliphatic heterocycles. The van der Waals surface area contributed by atoms with Crippen LogP contribution in [-0.4, -0.2) is 36.3 Å². The van der Waals surface area contributed by atoms with Crippen molar-refractivity contribution in [1.82, 2.24) is 4.90 Å². The number of carbonyl (C=O) groups is 2. The molecule has 3 N–H and O–H groups in total. The zero-order valence-electron chi connectivity index (χ0n) is 15.3. The van der Waals surface area contributed by atoms with Crippen LogP contribution in [0, 0.1) is 17.8 Å². The zero-order valence-corrected chi connectivity index (χ0v) is 16.9. The van der Waals surface area contributed by atoms with Crippen molar-refractivity contribution in [1.29, 1.82) is 0 Å². The van der Waals surface area contributed by atoms with Gasteiger partial charge in [0.25, 0.3) is 0 Å². The molecule has 2 amide bonds. The van der Waals surface area contributed by atoms with Gasteiger partial charge in [-0.3, -0.25) is 9.59 Å². The van der Waals surface area contributed by atoms with Crippen LogP contribution in [0.5, 0.6) is 0 Å². The van der Waals surface area contributed by atoms with Crippen LogP contribution in [0.15, 0.2) is 18.2 Å². The maximum Gasteiger partial charge on any atom is 0.232 e. The first-order valence-electron chi connectivity index (χ1n) is 9.67. The molecule has 2 heterocycles. The van der Waals surface area contributed by atoms with Gasteiger partial charge in [-0.25, -0.2) is 0 Å². The zero-order chi connectivity index (χ0) is 18.3. The second-order valence-electron chi connectivity index (χ2n) is 7.89. The van der Waals surface area contributed by atoms with Crippen molar-refractivity contribution in [3.8, 4) is 0 Å². The number of nitrogens with zero attached hydrogens (tertiary/aromatic N) is 1. The normalized spacial score (nSPS) is 27.9. The summed E-state index contributed by atoms with van der Waals surface area (Å²) in [5.41, 5.74) is 7.72. The molecule has 1 aliphatic carbocycles. The van der Waals surface area contributed by atoms with Gasteiger partial charge in [-0.05, 0) is 61.8 Å². The van der Waals surface area contributed by atoms with Crippen molar-refractivity contribution < 1.29 is 9.59 Å². The van der Waals surface area contributed by atoms with Gasteiger partial charge in [0.1, 0.15) is 0 Å². The highest BCUT2D eigenvalue weighted by molar-refractivity contribution is 6.31. The Hall–Kier alpha value is -1.30. The molecule has 7 heteroatoms. The summed E-state index contributed by atoms with van der Waals surface area (Å²) >= 11 is 6.04. The van der Waals surface area contributed by atoms with Crippen molar-refractivity contribution in [3.63, 3.8) is 0 Å². The van der Waals surface area contributed by atoms with E-state index >= 15 is 0 Å². The average molecular weight is 412 g/mol. The predicted molar refractivity (Wildman–Crippen MR) is 109 cm³/mol. The second kappa shape index (κ2) is 8.38. The monoisotopic (exact) mass is 411 g/mol. The lowest BCUT2D eigenvalue weighted by molar-refractivity contribution is -0.138. The molecule has 0 radical (unpaired) electrons. The smallest absolute Gasteiger partial charge is 0.232 e. The minimum Gasteiger partial charge on any atom is -0.342 e. The van der Waals surface area contributed by atoms with E-state index in [0.29, 0.717) is 17.5 Å². The minimum absolute atomic E-state index is 0. The van der Waals surface area contributed by atoms with E-state index in [4.69, 9.17) is 17.3 Å². The molecule has 3 aliphatic rings. The number of anilines is 1. The number of amides is 2. The number of carbonyl (C=O) groups excluding carboxylic acids is 2. The summed E-state index contributed by atoms with van der Waals surface area (Å²) in [6.45, 7) is 2.09. The highest BCUT2D eigenvalue weighted by atomic mass is 35.5. The van der Waals surface area contributed by atoms with Crippen LogP contribution < -0.4 is 11.1 Å². The van der Waals surface area contributed by atoms with Crippen molar-refractivity contribution in [2.45, 2.75) is 38.0 Å². The Kier molecular flexibility index (Phi) is 6.34. The molecule has 0 spiro atoms. The van der Waals surface area contributed by atoms with E-state index in [1.165, 1.54) is 0 Å². The maximum atomic E-state index is 12.9. The Morgan fingerprint density at radius 3 is 2.67 bits per heavy atom. The summed E-state index contributed by atoms with van der Waals surface area (Å²) in [7, 11) is 0. The summed E-state index contributed by atoms with van der Waals surface area (Å²) in [4.78, 5) is 27.4. The van der Waals surface area contributed by atoms with Crippen LogP contribution in [0.25, 0.3) is 0 Å². The molecule has 4 rings (SSSR count). The third kappa shape index (κ3) is 3.82. The Labute approximate surface area is 171 Å². The van der Waals surface area contributed by atoms with Gasteiger partial charge in [0.15, 0.2) is 0 Å². The van der Waals surface area contributed by atoms with Gasteiger partial charge in [-0.2, -0.15) is 0 Å². The summed E-state index contributed by atoms with van der Waals surface area (Å²) in [6.07, 6.45) is 4.89. The van der Waals surface area contributed by atoms with E-state index in [1.54, 1.807) is 0 Å². The van der Waals surface area contributed by atoms with Gasteiger partial charge in [0, 0.05) is 29.7 Å². The Morgan fingerprint density at radius 2 is 1.96 bits per heavy atom.